The second kappa shape index (κ2) is 7.93. The Labute approximate surface area is 165 Å². The van der Waals surface area contributed by atoms with E-state index in [2.05, 4.69) is 10.3 Å². The van der Waals surface area contributed by atoms with Crippen molar-refractivity contribution >= 4 is 39.1 Å². The van der Waals surface area contributed by atoms with Gasteiger partial charge in [0.1, 0.15) is 4.83 Å². The Morgan fingerprint density at radius 1 is 1.11 bits per heavy atom. The Kier molecular flexibility index (Phi) is 5.21. The molecule has 1 aliphatic rings. The van der Waals surface area contributed by atoms with Crippen LogP contribution >= 0.6 is 11.3 Å². The maximum Gasteiger partial charge on any atom is 0.262 e. The van der Waals surface area contributed by atoms with Gasteiger partial charge in [-0.25, -0.2) is 4.98 Å². The summed E-state index contributed by atoms with van der Waals surface area (Å²) in [7, 11) is 0. The number of thiophene rings is 1. The highest BCUT2D eigenvalue weighted by Crippen LogP contribution is 2.16. The second-order valence-electron chi connectivity index (χ2n) is 6.76. The first-order chi connectivity index (χ1) is 13.6. The highest BCUT2D eigenvalue weighted by atomic mass is 32.1. The molecule has 2 amide bonds. The van der Waals surface area contributed by atoms with E-state index < -0.39 is 0 Å². The monoisotopic (exact) mass is 396 g/mol. The number of fused-ring (bicyclic) bond motifs is 1. The van der Waals surface area contributed by atoms with Crippen LogP contribution in [0.1, 0.15) is 29.6 Å². The van der Waals surface area contributed by atoms with Gasteiger partial charge in [-0.15, -0.1) is 11.3 Å². The van der Waals surface area contributed by atoms with E-state index in [4.69, 9.17) is 0 Å². The summed E-state index contributed by atoms with van der Waals surface area (Å²) in [6.07, 6.45) is 3.74. The molecular weight excluding hydrogens is 376 g/mol. The summed E-state index contributed by atoms with van der Waals surface area (Å²) in [5.41, 5.74) is 1.12. The van der Waals surface area contributed by atoms with E-state index in [1.54, 1.807) is 30.3 Å². The molecule has 0 saturated carbocycles. The number of nitrogens with one attached hydrogen (secondary N) is 1. The van der Waals surface area contributed by atoms with Gasteiger partial charge in [0.05, 0.1) is 11.7 Å². The Balaban J connectivity index is 1.35. The Bertz CT molecular complexity index is 1060. The summed E-state index contributed by atoms with van der Waals surface area (Å²) in [6.45, 7) is 1.88. The van der Waals surface area contributed by atoms with Crippen LogP contribution in [0.4, 0.5) is 5.69 Å². The van der Waals surface area contributed by atoms with Gasteiger partial charge >= 0.3 is 0 Å². The van der Waals surface area contributed by atoms with Crippen molar-refractivity contribution in [2.45, 2.75) is 25.8 Å². The zero-order chi connectivity index (χ0) is 19.5. The number of rotatable bonds is 5. The van der Waals surface area contributed by atoms with Gasteiger partial charge in [0.25, 0.3) is 11.5 Å². The second-order valence-corrected chi connectivity index (χ2v) is 7.65. The van der Waals surface area contributed by atoms with E-state index >= 15 is 0 Å². The number of carbonyl (C=O) groups excluding carboxylic acids is 2. The SMILES string of the molecule is O=C(CCn1cnc2sccc2c1=O)Nc1ccc(C(=O)N2CCCC2)cc1. The lowest BCUT2D eigenvalue weighted by atomic mass is 10.2. The molecule has 0 atom stereocenters. The van der Waals surface area contributed by atoms with Crippen LogP contribution in [0.25, 0.3) is 10.2 Å². The quantitative estimate of drug-likeness (QED) is 0.719. The molecule has 1 aliphatic heterocycles. The smallest absolute Gasteiger partial charge is 0.262 e. The van der Waals surface area contributed by atoms with E-state index in [-0.39, 0.29) is 30.3 Å². The molecule has 8 heteroatoms. The molecule has 1 N–H and O–H groups in total. The van der Waals surface area contributed by atoms with Gasteiger partial charge in [0, 0.05) is 37.3 Å². The predicted molar refractivity (Wildman–Crippen MR) is 109 cm³/mol. The average molecular weight is 396 g/mol. The van der Waals surface area contributed by atoms with Crippen LogP contribution in [-0.4, -0.2) is 39.4 Å². The van der Waals surface area contributed by atoms with Crippen LogP contribution in [0.2, 0.25) is 0 Å². The first kappa shape index (κ1) is 18.4. The van der Waals surface area contributed by atoms with Crippen molar-refractivity contribution in [3.8, 4) is 0 Å². The maximum absolute atomic E-state index is 12.3. The van der Waals surface area contributed by atoms with E-state index in [9.17, 15) is 14.4 Å². The molecule has 1 fully saturated rings. The van der Waals surface area contributed by atoms with Gasteiger partial charge in [0.2, 0.25) is 5.91 Å². The molecule has 0 aliphatic carbocycles. The molecule has 0 spiro atoms. The molecule has 7 nitrogen and oxygen atoms in total. The molecule has 3 aromatic rings. The van der Waals surface area contributed by atoms with Crippen molar-refractivity contribution in [3.05, 3.63) is 58.0 Å². The lowest BCUT2D eigenvalue weighted by Gasteiger charge is -2.15. The summed E-state index contributed by atoms with van der Waals surface area (Å²) >= 11 is 1.42. The molecule has 3 heterocycles. The van der Waals surface area contributed by atoms with Crippen LogP contribution in [0.3, 0.4) is 0 Å². The summed E-state index contributed by atoms with van der Waals surface area (Å²) in [6, 6.07) is 8.67. The van der Waals surface area contributed by atoms with Crippen molar-refractivity contribution in [1.82, 2.24) is 14.5 Å². The van der Waals surface area contributed by atoms with Crippen molar-refractivity contribution < 1.29 is 9.59 Å². The Morgan fingerprint density at radius 2 is 1.86 bits per heavy atom. The van der Waals surface area contributed by atoms with Gasteiger partial charge in [-0.1, -0.05) is 0 Å². The van der Waals surface area contributed by atoms with E-state index in [1.165, 1.54) is 22.2 Å². The van der Waals surface area contributed by atoms with Crippen molar-refractivity contribution in [3.63, 3.8) is 0 Å². The molecule has 28 heavy (non-hydrogen) atoms. The van der Waals surface area contributed by atoms with E-state index in [0.29, 0.717) is 21.5 Å². The number of hydrogen-bond donors (Lipinski definition) is 1. The molecule has 1 aromatic carbocycles. The molecule has 144 valence electrons. The van der Waals surface area contributed by atoms with Crippen LogP contribution in [-0.2, 0) is 11.3 Å². The minimum Gasteiger partial charge on any atom is -0.339 e. The van der Waals surface area contributed by atoms with Crippen molar-refractivity contribution in [1.29, 1.82) is 0 Å². The van der Waals surface area contributed by atoms with Gasteiger partial charge in [0.15, 0.2) is 0 Å². The third-order valence-corrected chi connectivity index (χ3v) is 5.66. The topological polar surface area (TPSA) is 84.3 Å². The molecule has 0 unspecified atom stereocenters. The summed E-state index contributed by atoms with van der Waals surface area (Å²) in [5, 5.41) is 5.20. The third kappa shape index (κ3) is 3.82. The van der Waals surface area contributed by atoms with E-state index in [0.717, 1.165) is 25.9 Å². The fraction of sp³-hybridized carbons (Fsp3) is 0.300. The van der Waals surface area contributed by atoms with Gasteiger partial charge in [-0.3, -0.25) is 19.0 Å². The summed E-state index contributed by atoms with van der Waals surface area (Å²) < 4.78 is 1.45. The lowest BCUT2D eigenvalue weighted by molar-refractivity contribution is -0.116. The lowest BCUT2D eigenvalue weighted by Crippen LogP contribution is -2.27. The molecular formula is C20H20N4O3S. The van der Waals surface area contributed by atoms with Gasteiger partial charge in [-0.05, 0) is 48.6 Å². The first-order valence-corrected chi connectivity index (χ1v) is 10.1. The zero-order valence-corrected chi connectivity index (χ0v) is 16.1. The number of anilines is 1. The summed E-state index contributed by atoms with van der Waals surface area (Å²) in [4.78, 5) is 43.7. The fourth-order valence-electron chi connectivity index (χ4n) is 3.30. The van der Waals surface area contributed by atoms with Crippen molar-refractivity contribution in [2.24, 2.45) is 0 Å². The minimum absolute atomic E-state index is 0.0334. The van der Waals surface area contributed by atoms with Gasteiger partial charge in [-0.2, -0.15) is 0 Å². The van der Waals surface area contributed by atoms with Crippen LogP contribution in [0, 0.1) is 0 Å². The molecule has 1 saturated heterocycles. The number of carbonyl (C=O) groups is 2. The first-order valence-electron chi connectivity index (χ1n) is 9.24. The van der Waals surface area contributed by atoms with Crippen LogP contribution in [0.5, 0.6) is 0 Å². The molecule has 4 rings (SSSR count). The number of benzene rings is 1. The molecule has 0 radical (unpaired) electrons. The Hall–Kier alpha value is -3.00. The van der Waals surface area contributed by atoms with E-state index in [1.807, 2.05) is 10.3 Å². The third-order valence-electron chi connectivity index (χ3n) is 4.84. The zero-order valence-electron chi connectivity index (χ0n) is 15.3. The Morgan fingerprint density at radius 3 is 2.61 bits per heavy atom. The van der Waals surface area contributed by atoms with Crippen LogP contribution < -0.4 is 10.9 Å². The highest BCUT2D eigenvalue weighted by Gasteiger charge is 2.19. The highest BCUT2D eigenvalue weighted by molar-refractivity contribution is 7.16. The minimum atomic E-state index is -0.198. The fourth-order valence-corrected chi connectivity index (χ4v) is 4.02. The normalized spacial score (nSPS) is 13.8. The standard InChI is InChI=1S/C20H20N4O3S/c25-17(7-11-24-13-21-18-16(20(24)27)8-12-28-18)22-15-5-3-14(4-6-15)19(26)23-9-1-2-10-23/h3-6,8,12-13H,1-2,7,9-11H2,(H,22,25). The number of amides is 2. The summed E-state index contributed by atoms with van der Waals surface area (Å²) in [5.74, 6) is -0.165. The van der Waals surface area contributed by atoms with Crippen molar-refractivity contribution in [2.75, 3.05) is 18.4 Å². The van der Waals surface area contributed by atoms with Crippen LogP contribution in [0.15, 0.2) is 46.8 Å². The molecule has 2 aromatic heterocycles. The predicted octanol–water partition coefficient (Wildman–Crippen LogP) is 2.72. The number of aryl methyl sites for hydroxylation is 1. The number of hydrogen-bond acceptors (Lipinski definition) is 5. The number of likely N-dealkylation sites (tertiary alicyclic amines) is 1. The number of nitrogens with zero attached hydrogens (tertiary/aromatic N) is 3. The maximum atomic E-state index is 12.3. The largest absolute Gasteiger partial charge is 0.339 e. The molecule has 0 bridgehead atoms. The number of aromatic nitrogens is 2. The average Bonchev–Trinajstić information content (AvgIpc) is 3.40. The van der Waals surface area contributed by atoms with Gasteiger partial charge < -0.3 is 10.2 Å².